The fraction of sp³-hybridized carbons (Fsp3) is 0.200. The van der Waals surface area contributed by atoms with Crippen molar-refractivity contribution in [3.63, 3.8) is 0 Å². The third-order valence-electron chi connectivity index (χ3n) is 2.06. The Morgan fingerprint density at radius 1 is 1.44 bits per heavy atom. The molecule has 0 saturated carbocycles. The Morgan fingerprint density at radius 2 is 2.19 bits per heavy atom. The lowest BCUT2D eigenvalue weighted by atomic mass is 10.3. The van der Waals surface area contributed by atoms with Gasteiger partial charge in [0.25, 0.3) is 5.56 Å². The molecule has 6 heteroatoms. The van der Waals surface area contributed by atoms with E-state index in [9.17, 15) is 9.59 Å². The molecule has 0 atom stereocenters. The van der Waals surface area contributed by atoms with Crippen molar-refractivity contribution in [3.8, 4) is 0 Å². The highest BCUT2D eigenvalue weighted by Gasteiger charge is 2.12. The van der Waals surface area contributed by atoms with Gasteiger partial charge >= 0.3 is 5.97 Å². The molecule has 2 rings (SSSR count). The number of methoxy groups -OCH3 is 1. The van der Waals surface area contributed by atoms with Gasteiger partial charge in [-0.25, -0.2) is 9.31 Å². The molecule has 16 heavy (non-hydrogen) atoms. The Morgan fingerprint density at radius 3 is 2.88 bits per heavy atom. The van der Waals surface area contributed by atoms with Crippen molar-refractivity contribution in [1.82, 2.24) is 14.6 Å². The van der Waals surface area contributed by atoms with E-state index in [1.165, 1.54) is 11.6 Å². The van der Waals surface area contributed by atoms with Crippen molar-refractivity contribution in [2.75, 3.05) is 7.11 Å². The van der Waals surface area contributed by atoms with Gasteiger partial charge in [0.15, 0.2) is 11.3 Å². The topological polar surface area (TPSA) is 73.6 Å². The molecule has 0 amide bonds. The molecule has 0 N–H and O–H groups in total. The largest absolute Gasteiger partial charge is 0.464 e. The number of aromatic nitrogens is 3. The van der Waals surface area contributed by atoms with Crippen molar-refractivity contribution in [2.45, 2.75) is 6.92 Å². The van der Waals surface area contributed by atoms with Crippen LogP contribution < -0.4 is 5.56 Å². The molecule has 0 spiro atoms. The highest BCUT2D eigenvalue weighted by atomic mass is 16.5. The van der Waals surface area contributed by atoms with Crippen molar-refractivity contribution in [2.24, 2.45) is 0 Å². The molecule has 0 radical (unpaired) electrons. The van der Waals surface area contributed by atoms with Gasteiger partial charge in [0.05, 0.1) is 12.8 Å². The van der Waals surface area contributed by atoms with Gasteiger partial charge in [-0.3, -0.25) is 4.79 Å². The second-order valence-electron chi connectivity index (χ2n) is 3.22. The molecule has 0 bridgehead atoms. The van der Waals surface area contributed by atoms with Gasteiger partial charge in [-0.2, -0.15) is 10.1 Å². The van der Waals surface area contributed by atoms with Crippen LogP contribution >= 0.6 is 0 Å². The molecule has 82 valence electrons. The minimum atomic E-state index is -0.618. The van der Waals surface area contributed by atoms with Gasteiger partial charge in [-0.05, 0) is 19.1 Å². The molecule has 0 aliphatic rings. The van der Waals surface area contributed by atoms with E-state index in [1.807, 2.05) is 0 Å². The lowest BCUT2D eigenvalue weighted by Gasteiger charge is -2.05. The number of hydrogen-bond donors (Lipinski definition) is 0. The standard InChI is InChI=1S/C10H9N3O3/c1-6-3-4-8-11-9(14)5-7(10(15)16-2)13(8)12-6/h3-5H,1-2H3. The molecule has 0 saturated heterocycles. The summed E-state index contributed by atoms with van der Waals surface area (Å²) in [4.78, 5) is 26.4. The molecule has 0 unspecified atom stereocenters. The Balaban J connectivity index is 2.84. The van der Waals surface area contributed by atoms with Crippen molar-refractivity contribution >= 4 is 11.6 Å². The van der Waals surface area contributed by atoms with Crippen LogP contribution in [-0.2, 0) is 4.74 Å². The summed E-state index contributed by atoms with van der Waals surface area (Å²) in [5, 5.41) is 4.10. The summed E-state index contributed by atoms with van der Waals surface area (Å²) in [6.45, 7) is 1.78. The molecule has 2 aromatic rings. The normalized spacial score (nSPS) is 10.4. The summed E-state index contributed by atoms with van der Waals surface area (Å²) in [6, 6.07) is 4.43. The van der Waals surface area contributed by atoms with E-state index in [0.29, 0.717) is 11.3 Å². The highest BCUT2D eigenvalue weighted by Crippen LogP contribution is 2.03. The summed E-state index contributed by atoms with van der Waals surface area (Å²) in [5.74, 6) is -0.618. The SMILES string of the molecule is COC(=O)c1cc(=O)nc2ccc(C)nn12. The van der Waals surface area contributed by atoms with Gasteiger partial charge in [0.2, 0.25) is 0 Å². The number of ether oxygens (including phenoxy) is 1. The number of aryl methyl sites for hydroxylation is 1. The third kappa shape index (κ3) is 1.65. The first kappa shape index (κ1) is 10.3. The zero-order chi connectivity index (χ0) is 11.7. The van der Waals surface area contributed by atoms with Gasteiger partial charge in [-0.15, -0.1) is 0 Å². The first-order valence-corrected chi connectivity index (χ1v) is 4.58. The van der Waals surface area contributed by atoms with Crippen LogP contribution in [0.25, 0.3) is 5.65 Å². The lowest BCUT2D eigenvalue weighted by molar-refractivity contribution is 0.0590. The first-order valence-electron chi connectivity index (χ1n) is 4.58. The van der Waals surface area contributed by atoms with Crippen LogP contribution in [0.1, 0.15) is 16.2 Å². The van der Waals surface area contributed by atoms with Crippen molar-refractivity contribution < 1.29 is 9.53 Å². The molecule has 0 fully saturated rings. The summed E-state index contributed by atoms with van der Waals surface area (Å²) >= 11 is 0. The van der Waals surface area contributed by atoms with Crippen LogP contribution in [0.3, 0.4) is 0 Å². The maximum atomic E-state index is 11.4. The Hall–Kier alpha value is -2.24. The Labute approximate surface area is 90.5 Å². The van der Waals surface area contributed by atoms with E-state index in [-0.39, 0.29) is 5.69 Å². The van der Waals surface area contributed by atoms with E-state index in [2.05, 4.69) is 14.8 Å². The first-order chi connectivity index (χ1) is 7.61. The fourth-order valence-corrected chi connectivity index (χ4v) is 1.34. The zero-order valence-electron chi connectivity index (χ0n) is 8.80. The Kier molecular flexibility index (Phi) is 2.40. The van der Waals surface area contributed by atoms with Gasteiger partial charge < -0.3 is 4.74 Å². The van der Waals surface area contributed by atoms with E-state index >= 15 is 0 Å². The van der Waals surface area contributed by atoms with Gasteiger partial charge in [0, 0.05) is 6.07 Å². The zero-order valence-corrected chi connectivity index (χ0v) is 8.80. The van der Waals surface area contributed by atoms with Crippen LogP contribution in [-0.4, -0.2) is 27.7 Å². The molecule has 2 aromatic heterocycles. The van der Waals surface area contributed by atoms with Crippen LogP contribution in [0.2, 0.25) is 0 Å². The molecular formula is C10H9N3O3. The molecule has 2 heterocycles. The average molecular weight is 219 g/mol. The quantitative estimate of drug-likeness (QED) is 0.640. The summed E-state index contributed by atoms with van der Waals surface area (Å²) in [6.07, 6.45) is 0. The molecule has 0 aliphatic carbocycles. The second kappa shape index (κ2) is 3.73. The summed E-state index contributed by atoms with van der Waals surface area (Å²) in [7, 11) is 1.25. The number of esters is 1. The smallest absolute Gasteiger partial charge is 0.357 e. The number of carbonyl (C=O) groups excluding carboxylic acids is 1. The maximum Gasteiger partial charge on any atom is 0.357 e. The van der Waals surface area contributed by atoms with E-state index in [0.717, 1.165) is 6.07 Å². The fourth-order valence-electron chi connectivity index (χ4n) is 1.34. The molecular weight excluding hydrogens is 210 g/mol. The van der Waals surface area contributed by atoms with Crippen molar-refractivity contribution in [1.29, 1.82) is 0 Å². The molecule has 6 nitrogen and oxygen atoms in total. The van der Waals surface area contributed by atoms with Crippen LogP contribution in [0.4, 0.5) is 0 Å². The lowest BCUT2D eigenvalue weighted by Crippen LogP contribution is -2.19. The van der Waals surface area contributed by atoms with Crippen LogP contribution in [0.15, 0.2) is 23.0 Å². The van der Waals surface area contributed by atoms with Gasteiger partial charge in [0.1, 0.15) is 0 Å². The average Bonchev–Trinajstić information content (AvgIpc) is 2.27. The maximum absolute atomic E-state index is 11.4. The predicted octanol–water partition coefficient (Wildman–Crippen LogP) is 0.185. The number of hydrogen-bond acceptors (Lipinski definition) is 5. The molecule has 0 aliphatic heterocycles. The van der Waals surface area contributed by atoms with E-state index in [1.54, 1.807) is 19.1 Å². The minimum Gasteiger partial charge on any atom is -0.464 e. The monoisotopic (exact) mass is 219 g/mol. The predicted molar refractivity (Wildman–Crippen MR) is 55.3 cm³/mol. The number of nitrogens with zero attached hydrogens (tertiary/aromatic N) is 3. The second-order valence-corrected chi connectivity index (χ2v) is 3.22. The summed E-state index contributed by atoms with van der Waals surface area (Å²) in [5.41, 5.74) is 0.605. The van der Waals surface area contributed by atoms with Gasteiger partial charge in [-0.1, -0.05) is 0 Å². The van der Waals surface area contributed by atoms with Crippen LogP contribution in [0, 0.1) is 6.92 Å². The van der Waals surface area contributed by atoms with Crippen molar-refractivity contribution in [3.05, 3.63) is 39.9 Å². The number of fused-ring (bicyclic) bond motifs is 1. The molecule has 0 aromatic carbocycles. The highest BCUT2D eigenvalue weighted by molar-refractivity contribution is 5.87. The minimum absolute atomic E-state index is 0.0706. The van der Waals surface area contributed by atoms with E-state index in [4.69, 9.17) is 0 Å². The van der Waals surface area contributed by atoms with E-state index < -0.39 is 11.5 Å². The Bertz CT molecular complexity index is 618. The number of rotatable bonds is 1. The number of carbonyl (C=O) groups is 1. The third-order valence-corrected chi connectivity index (χ3v) is 2.06. The summed E-state index contributed by atoms with van der Waals surface area (Å²) < 4.78 is 5.87. The van der Waals surface area contributed by atoms with Crippen LogP contribution in [0.5, 0.6) is 0 Å².